The third-order valence-corrected chi connectivity index (χ3v) is 7.19. The fraction of sp³-hybridized carbons (Fsp3) is 0.710. The predicted molar refractivity (Wildman–Crippen MR) is 165 cm³/mol. The van der Waals surface area contributed by atoms with Crippen molar-refractivity contribution in [3.63, 3.8) is 0 Å². The SMILES string of the molecule is C=CCOCN(CC[C@@H](O)C1=NCC=C(C(=O)O)N1)C(=O)C(N/C(=C/CC)C1CCCCN1C)C(C)CC.CCC. The minimum absolute atomic E-state index is 0.0137. The molecule has 10 nitrogen and oxygen atoms in total. The van der Waals surface area contributed by atoms with Crippen LogP contribution in [0.25, 0.3) is 0 Å². The number of nitrogens with one attached hydrogen (secondary N) is 2. The Morgan fingerprint density at radius 3 is 2.61 bits per heavy atom. The lowest BCUT2D eigenvalue weighted by molar-refractivity contribution is -0.140. The summed E-state index contributed by atoms with van der Waals surface area (Å²) in [6.45, 7) is 16.0. The molecule has 10 heteroatoms. The Morgan fingerprint density at radius 1 is 1.32 bits per heavy atom. The summed E-state index contributed by atoms with van der Waals surface area (Å²) in [7, 11) is 2.14. The number of ether oxygens (including phenoxy) is 1. The molecule has 1 amide bonds. The highest BCUT2D eigenvalue weighted by molar-refractivity contribution is 5.97. The number of aliphatic imine (C=N–C) groups is 1. The number of piperidine rings is 1. The van der Waals surface area contributed by atoms with Gasteiger partial charge in [0.25, 0.3) is 0 Å². The van der Waals surface area contributed by atoms with Crippen LogP contribution in [0, 0.1) is 5.92 Å². The van der Waals surface area contributed by atoms with Crippen molar-refractivity contribution in [2.24, 2.45) is 10.9 Å². The highest BCUT2D eigenvalue weighted by Crippen LogP contribution is 2.23. The highest BCUT2D eigenvalue weighted by Gasteiger charge is 2.32. The van der Waals surface area contributed by atoms with Gasteiger partial charge in [0.05, 0.1) is 13.2 Å². The number of likely N-dealkylation sites (N-methyl/N-ethyl adjacent to an activating group) is 1. The zero-order valence-electron chi connectivity index (χ0n) is 26.2. The molecule has 0 aromatic carbocycles. The van der Waals surface area contributed by atoms with Gasteiger partial charge < -0.3 is 30.5 Å². The average Bonchev–Trinajstić information content (AvgIpc) is 2.97. The molecule has 2 aliphatic heterocycles. The molecule has 0 bridgehead atoms. The predicted octanol–water partition coefficient (Wildman–Crippen LogP) is 3.90. The van der Waals surface area contributed by atoms with Gasteiger partial charge in [0.1, 0.15) is 30.4 Å². The quantitative estimate of drug-likeness (QED) is 0.124. The van der Waals surface area contributed by atoms with Crippen molar-refractivity contribution in [2.75, 3.05) is 40.0 Å². The van der Waals surface area contributed by atoms with E-state index in [1.807, 2.05) is 0 Å². The van der Waals surface area contributed by atoms with Crippen LogP contribution in [0.5, 0.6) is 0 Å². The van der Waals surface area contributed by atoms with Gasteiger partial charge in [-0.15, -0.1) is 6.58 Å². The van der Waals surface area contributed by atoms with Gasteiger partial charge >= 0.3 is 5.97 Å². The van der Waals surface area contributed by atoms with Crippen LogP contribution in [-0.2, 0) is 14.3 Å². The number of likely N-dealkylation sites (tertiary alicyclic amines) is 1. The molecule has 0 aliphatic carbocycles. The zero-order valence-corrected chi connectivity index (χ0v) is 26.2. The number of carboxylic acid groups (broad SMARTS) is 1. The van der Waals surface area contributed by atoms with Gasteiger partial charge in [-0.2, -0.15) is 0 Å². The molecule has 0 aromatic heterocycles. The summed E-state index contributed by atoms with van der Waals surface area (Å²) in [5.41, 5.74) is 1.08. The smallest absolute Gasteiger partial charge is 0.352 e. The molecule has 41 heavy (non-hydrogen) atoms. The normalized spacial score (nSPS) is 19.8. The molecule has 0 radical (unpaired) electrons. The Labute approximate surface area is 247 Å². The molecule has 1 fully saturated rings. The molecule has 4 atom stereocenters. The minimum atomic E-state index is -1.11. The van der Waals surface area contributed by atoms with Gasteiger partial charge in [0, 0.05) is 18.3 Å². The largest absolute Gasteiger partial charge is 0.477 e. The van der Waals surface area contributed by atoms with Crippen LogP contribution in [0.3, 0.4) is 0 Å². The standard InChI is InChI=1S/C28H47N5O5.C3H8/c1-6-11-21(23-12-9-10-16-32(23)5)30-25(20(4)8-3)27(35)33(19-38-18-7-2)17-14-24(34)26-29-15-13-22(31-26)28(36)37;1-3-2/h7,11,13,20,23-25,30,34H,2,6,8-10,12,14-19H2,1,3-5H3,(H,29,31)(H,36,37);3H2,1-2H3/b21-11+;/t20?,23?,24-,25?;/m1./s1. The molecular weight excluding hydrogens is 522 g/mol. The molecule has 4 N–H and O–H groups in total. The molecule has 3 unspecified atom stereocenters. The van der Waals surface area contributed by atoms with Gasteiger partial charge in [0.15, 0.2) is 0 Å². The third-order valence-electron chi connectivity index (χ3n) is 7.19. The van der Waals surface area contributed by atoms with E-state index in [0.717, 1.165) is 37.9 Å². The fourth-order valence-corrected chi connectivity index (χ4v) is 4.73. The molecule has 0 aromatic rings. The van der Waals surface area contributed by atoms with Gasteiger partial charge in [-0.1, -0.05) is 66.0 Å². The number of amides is 1. The second-order valence-electron chi connectivity index (χ2n) is 10.7. The van der Waals surface area contributed by atoms with E-state index in [9.17, 15) is 19.8 Å². The van der Waals surface area contributed by atoms with Crippen molar-refractivity contribution in [2.45, 2.75) is 97.8 Å². The van der Waals surface area contributed by atoms with E-state index in [2.05, 4.69) is 74.8 Å². The average molecular weight is 578 g/mol. The van der Waals surface area contributed by atoms with Crippen LogP contribution < -0.4 is 10.6 Å². The summed E-state index contributed by atoms with van der Waals surface area (Å²) >= 11 is 0. The second kappa shape index (κ2) is 20.2. The number of aliphatic hydroxyl groups is 1. The topological polar surface area (TPSA) is 127 Å². The van der Waals surface area contributed by atoms with Crippen LogP contribution in [0.1, 0.15) is 79.6 Å². The van der Waals surface area contributed by atoms with Crippen molar-refractivity contribution in [3.05, 3.63) is 36.2 Å². The number of aliphatic carboxylic acids is 1. The molecule has 1 saturated heterocycles. The van der Waals surface area contributed by atoms with E-state index in [-0.39, 0.29) is 55.6 Å². The van der Waals surface area contributed by atoms with Crippen LogP contribution in [0.2, 0.25) is 0 Å². The number of hydrogen-bond acceptors (Lipinski definition) is 8. The number of hydrogen-bond donors (Lipinski definition) is 4. The van der Waals surface area contributed by atoms with Crippen LogP contribution in [-0.4, -0.2) is 95.9 Å². The zero-order chi connectivity index (χ0) is 30.8. The molecule has 2 heterocycles. The van der Waals surface area contributed by atoms with E-state index < -0.39 is 18.1 Å². The van der Waals surface area contributed by atoms with Crippen molar-refractivity contribution in [1.82, 2.24) is 20.4 Å². The maximum atomic E-state index is 14.0. The number of nitrogens with zero attached hydrogens (tertiary/aromatic N) is 3. The fourth-order valence-electron chi connectivity index (χ4n) is 4.73. The molecule has 234 valence electrons. The second-order valence-corrected chi connectivity index (χ2v) is 10.7. The number of carbonyl (C=O) groups excluding carboxylic acids is 1. The van der Waals surface area contributed by atoms with Gasteiger partial charge in [0.2, 0.25) is 5.91 Å². The first-order chi connectivity index (χ1) is 19.6. The van der Waals surface area contributed by atoms with Gasteiger partial charge in [-0.05, 0) is 51.3 Å². The number of carbonyl (C=O) groups is 2. The van der Waals surface area contributed by atoms with E-state index in [4.69, 9.17) is 4.74 Å². The summed E-state index contributed by atoms with van der Waals surface area (Å²) in [5, 5.41) is 26.3. The van der Waals surface area contributed by atoms with Crippen molar-refractivity contribution < 1.29 is 24.5 Å². The van der Waals surface area contributed by atoms with Gasteiger partial charge in [-0.25, -0.2) is 4.79 Å². The number of rotatable bonds is 16. The molecule has 2 rings (SSSR count). The van der Waals surface area contributed by atoms with Crippen LogP contribution >= 0.6 is 0 Å². The highest BCUT2D eigenvalue weighted by atomic mass is 16.5. The Morgan fingerprint density at radius 2 is 2.02 bits per heavy atom. The first-order valence-corrected chi connectivity index (χ1v) is 15.2. The lowest BCUT2D eigenvalue weighted by Gasteiger charge is -2.38. The molecule has 0 saturated carbocycles. The lowest BCUT2D eigenvalue weighted by atomic mass is 9.94. The van der Waals surface area contributed by atoms with E-state index in [0.29, 0.717) is 6.61 Å². The van der Waals surface area contributed by atoms with Crippen molar-refractivity contribution in [1.29, 1.82) is 0 Å². The van der Waals surface area contributed by atoms with Gasteiger partial charge in [-0.3, -0.25) is 14.7 Å². The Bertz CT molecular complexity index is 903. The number of carboxylic acids is 1. The maximum Gasteiger partial charge on any atom is 0.352 e. The van der Waals surface area contributed by atoms with E-state index >= 15 is 0 Å². The van der Waals surface area contributed by atoms with E-state index in [1.54, 1.807) is 11.0 Å². The number of amidine groups is 1. The minimum Gasteiger partial charge on any atom is -0.477 e. The summed E-state index contributed by atoms with van der Waals surface area (Å²) in [5.74, 6) is -0.951. The monoisotopic (exact) mass is 577 g/mol. The van der Waals surface area contributed by atoms with Crippen LogP contribution in [0.4, 0.5) is 0 Å². The summed E-state index contributed by atoms with van der Waals surface area (Å²) in [6.07, 6.45) is 10.7. The Hall–Kier alpha value is -2.69. The number of aliphatic hydroxyl groups excluding tert-OH is 1. The summed E-state index contributed by atoms with van der Waals surface area (Å²) in [4.78, 5) is 33.4. The first-order valence-electron chi connectivity index (χ1n) is 15.2. The van der Waals surface area contributed by atoms with E-state index in [1.165, 1.54) is 18.9 Å². The van der Waals surface area contributed by atoms with Crippen LogP contribution in [0.15, 0.2) is 41.2 Å². The van der Waals surface area contributed by atoms with Crippen molar-refractivity contribution >= 4 is 17.7 Å². The molecule has 0 spiro atoms. The summed E-state index contributed by atoms with van der Waals surface area (Å²) in [6, 6.07) is -0.202. The maximum absolute atomic E-state index is 14.0. The Balaban J connectivity index is 0.00000268. The first kappa shape index (κ1) is 36.3. The third kappa shape index (κ3) is 12.4. The molecular formula is C31H55N5O5. The van der Waals surface area contributed by atoms with Crippen molar-refractivity contribution in [3.8, 4) is 0 Å². The number of allylic oxidation sites excluding steroid dienone is 1. The Kier molecular flexibility index (Phi) is 17.9. The molecule has 2 aliphatic rings. The lowest BCUT2D eigenvalue weighted by Crippen LogP contribution is -2.53. The summed E-state index contributed by atoms with van der Waals surface area (Å²) < 4.78 is 5.66.